The average Bonchev–Trinajstić information content (AvgIpc) is 3.29. The Balaban J connectivity index is 1.50. The van der Waals surface area contributed by atoms with Crippen molar-refractivity contribution < 1.29 is 9.53 Å². The topological polar surface area (TPSA) is 68.5 Å². The molecular weight excluding hydrogens is 360 g/mol. The van der Waals surface area contributed by atoms with Crippen LogP contribution in [0.3, 0.4) is 0 Å². The quantitative estimate of drug-likeness (QED) is 0.566. The molecule has 0 bridgehead atoms. The first kappa shape index (κ1) is 17.4. The Morgan fingerprint density at radius 1 is 1.22 bits per heavy atom. The monoisotopic (exact) mass is 378 g/mol. The van der Waals surface area contributed by atoms with E-state index in [2.05, 4.69) is 15.3 Å². The standard InChI is InChI=1S/C20H18N4O2S/c1-13-7-8-24-10-16(22-18(24)9-13)14-3-5-15(6-4-14)21-20(25)17-12-27-19(23-17)11-26-2/h3-10,12H,11H2,1-2H3,(H,21,25). The summed E-state index contributed by atoms with van der Waals surface area (Å²) in [6, 6.07) is 11.7. The number of anilines is 1. The minimum atomic E-state index is -0.232. The summed E-state index contributed by atoms with van der Waals surface area (Å²) in [5, 5.41) is 5.38. The van der Waals surface area contributed by atoms with Crippen LogP contribution in [0.15, 0.2) is 54.2 Å². The molecule has 1 aromatic carbocycles. The van der Waals surface area contributed by atoms with E-state index in [4.69, 9.17) is 4.74 Å². The van der Waals surface area contributed by atoms with Gasteiger partial charge in [-0.25, -0.2) is 9.97 Å². The van der Waals surface area contributed by atoms with Gasteiger partial charge in [-0.1, -0.05) is 12.1 Å². The molecule has 4 aromatic rings. The van der Waals surface area contributed by atoms with Crippen LogP contribution in [0.25, 0.3) is 16.9 Å². The van der Waals surface area contributed by atoms with Crippen molar-refractivity contribution in [2.75, 3.05) is 12.4 Å². The fraction of sp³-hybridized carbons (Fsp3) is 0.150. The second kappa shape index (κ2) is 7.30. The van der Waals surface area contributed by atoms with Gasteiger partial charge in [0.15, 0.2) is 0 Å². The van der Waals surface area contributed by atoms with Crippen molar-refractivity contribution in [3.63, 3.8) is 0 Å². The van der Waals surface area contributed by atoms with E-state index in [1.807, 2.05) is 60.1 Å². The summed E-state index contributed by atoms with van der Waals surface area (Å²) in [4.78, 5) is 21.2. The van der Waals surface area contributed by atoms with Gasteiger partial charge >= 0.3 is 0 Å². The first-order valence-corrected chi connectivity index (χ1v) is 9.31. The number of pyridine rings is 1. The van der Waals surface area contributed by atoms with Crippen LogP contribution in [0.1, 0.15) is 21.1 Å². The van der Waals surface area contributed by atoms with Crippen LogP contribution in [0.5, 0.6) is 0 Å². The Morgan fingerprint density at radius 2 is 2.04 bits per heavy atom. The van der Waals surface area contributed by atoms with Gasteiger partial charge in [0, 0.05) is 36.1 Å². The first-order valence-electron chi connectivity index (χ1n) is 8.43. The van der Waals surface area contributed by atoms with Crippen LogP contribution in [0.4, 0.5) is 5.69 Å². The number of rotatable bonds is 5. The molecule has 1 amide bonds. The van der Waals surface area contributed by atoms with Crippen LogP contribution in [-0.4, -0.2) is 27.4 Å². The third-order valence-electron chi connectivity index (χ3n) is 4.11. The number of hydrogen-bond donors (Lipinski definition) is 1. The molecule has 0 aliphatic rings. The lowest BCUT2D eigenvalue weighted by molar-refractivity contribution is 0.102. The van der Waals surface area contributed by atoms with E-state index >= 15 is 0 Å². The zero-order valence-electron chi connectivity index (χ0n) is 15.0. The summed E-state index contributed by atoms with van der Waals surface area (Å²) in [5.74, 6) is -0.232. The third kappa shape index (κ3) is 3.74. The van der Waals surface area contributed by atoms with Gasteiger partial charge in [-0.2, -0.15) is 0 Å². The Morgan fingerprint density at radius 3 is 2.81 bits per heavy atom. The summed E-state index contributed by atoms with van der Waals surface area (Å²) < 4.78 is 7.03. The lowest BCUT2D eigenvalue weighted by atomic mass is 10.1. The van der Waals surface area contributed by atoms with E-state index in [9.17, 15) is 4.79 Å². The number of nitrogens with zero attached hydrogens (tertiary/aromatic N) is 3. The number of methoxy groups -OCH3 is 1. The Labute approximate surface area is 160 Å². The highest BCUT2D eigenvalue weighted by Crippen LogP contribution is 2.22. The Kier molecular flexibility index (Phi) is 4.70. The molecule has 0 aliphatic heterocycles. The van der Waals surface area contributed by atoms with Gasteiger partial charge in [-0.3, -0.25) is 4.79 Å². The predicted octanol–water partition coefficient (Wildman–Crippen LogP) is 4.16. The molecule has 7 heteroatoms. The zero-order chi connectivity index (χ0) is 18.8. The Hall–Kier alpha value is -3.03. The predicted molar refractivity (Wildman–Crippen MR) is 106 cm³/mol. The van der Waals surface area contributed by atoms with Crippen molar-refractivity contribution in [1.29, 1.82) is 0 Å². The number of benzene rings is 1. The number of amides is 1. The molecule has 0 aliphatic carbocycles. The number of aryl methyl sites for hydroxylation is 1. The lowest BCUT2D eigenvalue weighted by Crippen LogP contribution is -2.12. The van der Waals surface area contributed by atoms with Gasteiger partial charge in [0.25, 0.3) is 5.91 Å². The molecule has 0 unspecified atom stereocenters. The lowest BCUT2D eigenvalue weighted by Gasteiger charge is -2.04. The number of hydrogen-bond acceptors (Lipinski definition) is 5. The number of aromatic nitrogens is 3. The third-order valence-corrected chi connectivity index (χ3v) is 4.93. The van der Waals surface area contributed by atoms with E-state index in [0.29, 0.717) is 18.0 Å². The van der Waals surface area contributed by atoms with Gasteiger partial charge in [0.1, 0.15) is 16.3 Å². The molecule has 1 N–H and O–H groups in total. The summed E-state index contributed by atoms with van der Waals surface area (Å²) in [7, 11) is 1.60. The number of carbonyl (C=O) groups excluding carboxylic acids is 1. The molecule has 0 radical (unpaired) electrons. The normalized spacial score (nSPS) is 11.0. The molecule has 0 saturated carbocycles. The summed E-state index contributed by atoms with van der Waals surface area (Å²) in [6.07, 6.45) is 4.00. The van der Waals surface area contributed by atoms with Crippen molar-refractivity contribution >= 4 is 28.6 Å². The van der Waals surface area contributed by atoms with E-state index < -0.39 is 0 Å². The van der Waals surface area contributed by atoms with Crippen molar-refractivity contribution in [1.82, 2.24) is 14.4 Å². The van der Waals surface area contributed by atoms with Gasteiger partial charge in [-0.15, -0.1) is 11.3 Å². The van der Waals surface area contributed by atoms with Crippen molar-refractivity contribution in [2.24, 2.45) is 0 Å². The van der Waals surface area contributed by atoms with Crippen molar-refractivity contribution in [3.05, 3.63) is 70.4 Å². The van der Waals surface area contributed by atoms with E-state index in [1.165, 1.54) is 16.9 Å². The SMILES string of the molecule is COCc1nc(C(=O)Nc2ccc(-c3cn4ccc(C)cc4n3)cc2)cs1. The second-order valence-electron chi connectivity index (χ2n) is 6.19. The highest BCUT2D eigenvalue weighted by atomic mass is 32.1. The summed E-state index contributed by atoms with van der Waals surface area (Å²) in [6.45, 7) is 2.46. The van der Waals surface area contributed by atoms with E-state index in [1.54, 1.807) is 12.5 Å². The Bertz CT molecular complexity index is 1100. The number of ether oxygens (including phenoxy) is 1. The average molecular weight is 378 g/mol. The fourth-order valence-corrected chi connectivity index (χ4v) is 3.49. The molecule has 27 heavy (non-hydrogen) atoms. The van der Waals surface area contributed by atoms with Crippen LogP contribution >= 0.6 is 11.3 Å². The number of nitrogens with one attached hydrogen (secondary N) is 1. The summed E-state index contributed by atoms with van der Waals surface area (Å²) >= 11 is 1.41. The minimum absolute atomic E-state index is 0.232. The summed E-state index contributed by atoms with van der Waals surface area (Å²) in [5.41, 5.74) is 5.08. The maximum absolute atomic E-state index is 12.3. The van der Waals surface area contributed by atoms with Crippen LogP contribution in [0.2, 0.25) is 0 Å². The number of thiazole rings is 1. The highest BCUT2D eigenvalue weighted by Gasteiger charge is 2.11. The smallest absolute Gasteiger partial charge is 0.275 e. The van der Waals surface area contributed by atoms with E-state index in [-0.39, 0.29) is 5.91 Å². The number of imidazole rings is 1. The second-order valence-corrected chi connectivity index (χ2v) is 7.13. The zero-order valence-corrected chi connectivity index (χ0v) is 15.8. The van der Waals surface area contributed by atoms with Crippen molar-refractivity contribution in [2.45, 2.75) is 13.5 Å². The molecule has 0 spiro atoms. The van der Waals surface area contributed by atoms with Gasteiger partial charge in [-0.05, 0) is 36.8 Å². The van der Waals surface area contributed by atoms with Crippen LogP contribution in [-0.2, 0) is 11.3 Å². The van der Waals surface area contributed by atoms with E-state index in [0.717, 1.165) is 21.9 Å². The molecule has 0 atom stereocenters. The highest BCUT2D eigenvalue weighted by molar-refractivity contribution is 7.09. The molecular formula is C20H18N4O2S. The molecule has 6 nitrogen and oxygen atoms in total. The van der Waals surface area contributed by atoms with Crippen LogP contribution in [0, 0.1) is 6.92 Å². The van der Waals surface area contributed by atoms with Crippen LogP contribution < -0.4 is 5.32 Å². The molecule has 0 saturated heterocycles. The number of carbonyl (C=O) groups is 1. The number of fused-ring (bicyclic) bond motifs is 1. The van der Waals surface area contributed by atoms with Gasteiger partial charge in [0.2, 0.25) is 0 Å². The maximum atomic E-state index is 12.3. The van der Waals surface area contributed by atoms with Gasteiger partial charge < -0.3 is 14.5 Å². The largest absolute Gasteiger partial charge is 0.378 e. The molecule has 3 aromatic heterocycles. The molecule has 0 fully saturated rings. The maximum Gasteiger partial charge on any atom is 0.275 e. The van der Waals surface area contributed by atoms with Gasteiger partial charge in [0.05, 0.1) is 12.3 Å². The molecule has 3 heterocycles. The van der Waals surface area contributed by atoms with Crippen molar-refractivity contribution in [3.8, 4) is 11.3 Å². The molecule has 136 valence electrons. The fourth-order valence-electron chi connectivity index (χ4n) is 2.75. The molecule has 4 rings (SSSR count). The first-order chi connectivity index (χ1) is 13.1. The minimum Gasteiger partial charge on any atom is -0.378 e.